The van der Waals surface area contributed by atoms with Gasteiger partial charge in [-0.1, -0.05) is 0 Å². The maximum atomic E-state index is 11.8. The van der Waals surface area contributed by atoms with Gasteiger partial charge in [0.05, 0.1) is 10.9 Å². The van der Waals surface area contributed by atoms with Crippen molar-refractivity contribution < 1.29 is 9.59 Å². The van der Waals surface area contributed by atoms with Crippen LogP contribution >= 0.6 is 11.3 Å². The van der Waals surface area contributed by atoms with E-state index in [4.69, 9.17) is 0 Å². The molecule has 0 bridgehead atoms. The molecule has 5 nitrogen and oxygen atoms in total. The van der Waals surface area contributed by atoms with Gasteiger partial charge in [-0.3, -0.25) is 9.59 Å². The van der Waals surface area contributed by atoms with E-state index in [1.807, 2.05) is 12.3 Å². The smallest absolute Gasteiger partial charge is 0.224 e. The van der Waals surface area contributed by atoms with Gasteiger partial charge in [0.1, 0.15) is 0 Å². The van der Waals surface area contributed by atoms with Gasteiger partial charge in [0.2, 0.25) is 11.8 Å². The van der Waals surface area contributed by atoms with Crippen molar-refractivity contribution >= 4 is 23.2 Å². The lowest BCUT2D eigenvalue weighted by Gasteiger charge is -2.21. The molecule has 98 valence electrons. The molecule has 1 saturated heterocycles. The van der Waals surface area contributed by atoms with E-state index in [1.54, 1.807) is 11.3 Å². The zero-order valence-electron chi connectivity index (χ0n) is 10.4. The van der Waals surface area contributed by atoms with Gasteiger partial charge >= 0.3 is 0 Å². The summed E-state index contributed by atoms with van der Waals surface area (Å²) >= 11 is 1.62. The molecule has 18 heavy (non-hydrogen) atoms. The minimum atomic E-state index is -0.0827. The van der Waals surface area contributed by atoms with Crippen LogP contribution in [0.25, 0.3) is 0 Å². The summed E-state index contributed by atoms with van der Waals surface area (Å²) in [6.07, 6.45) is 1.86. The van der Waals surface area contributed by atoms with Crippen LogP contribution in [0.1, 0.15) is 23.5 Å². The summed E-state index contributed by atoms with van der Waals surface area (Å²) in [5, 5.41) is 8.67. The number of nitrogens with one attached hydrogen (secondary N) is 2. The molecule has 1 aliphatic rings. The fraction of sp³-hybridized carbons (Fsp3) is 0.583. The van der Waals surface area contributed by atoms with Crippen molar-refractivity contribution in [2.45, 2.75) is 26.2 Å². The van der Waals surface area contributed by atoms with Crippen LogP contribution in [0.15, 0.2) is 5.38 Å². The monoisotopic (exact) mass is 267 g/mol. The van der Waals surface area contributed by atoms with E-state index in [0.717, 1.165) is 17.1 Å². The first-order chi connectivity index (χ1) is 8.65. The van der Waals surface area contributed by atoms with Crippen LogP contribution in [0.3, 0.4) is 0 Å². The average molecular weight is 267 g/mol. The predicted molar refractivity (Wildman–Crippen MR) is 69.3 cm³/mol. The first-order valence-corrected chi connectivity index (χ1v) is 6.98. The Hall–Kier alpha value is -1.43. The molecule has 1 atom stereocenters. The van der Waals surface area contributed by atoms with Gasteiger partial charge in [-0.05, 0) is 13.3 Å². The summed E-state index contributed by atoms with van der Waals surface area (Å²) in [5.74, 6) is -0.0127. The SMILES string of the molecule is Cc1csc(CCNC(=O)C2CCC(=O)NC2)n1. The Morgan fingerprint density at radius 3 is 3.11 bits per heavy atom. The summed E-state index contributed by atoms with van der Waals surface area (Å²) < 4.78 is 0. The van der Waals surface area contributed by atoms with Crippen molar-refractivity contribution in [1.82, 2.24) is 15.6 Å². The van der Waals surface area contributed by atoms with E-state index in [-0.39, 0.29) is 17.7 Å². The molecule has 1 fully saturated rings. The number of rotatable bonds is 4. The molecule has 0 aliphatic carbocycles. The van der Waals surface area contributed by atoms with E-state index in [0.29, 0.717) is 25.9 Å². The van der Waals surface area contributed by atoms with Crippen LogP contribution in [0, 0.1) is 12.8 Å². The van der Waals surface area contributed by atoms with Crippen molar-refractivity contribution in [1.29, 1.82) is 0 Å². The molecule has 1 unspecified atom stereocenters. The molecule has 2 N–H and O–H groups in total. The highest BCUT2D eigenvalue weighted by atomic mass is 32.1. The molecular formula is C12H17N3O2S. The number of aromatic nitrogens is 1. The van der Waals surface area contributed by atoms with E-state index in [2.05, 4.69) is 15.6 Å². The second-order valence-corrected chi connectivity index (χ2v) is 5.41. The van der Waals surface area contributed by atoms with Crippen LogP contribution in [0.4, 0.5) is 0 Å². The normalized spacial score (nSPS) is 19.4. The predicted octanol–water partition coefficient (Wildman–Crippen LogP) is 0.636. The van der Waals surface area contributed by atoms with Crippen molar-refractivity contribution in [3.8, 4) is 0 Å². The lowest BCUT2D eigenvalue weighted by Crippen LogP contribution is -2.43. The fourth-order valence-corrected chi connectivity index (χ4v) is 2.69. The Balaban J connectivity index is 1.70. The Morgan fingerprint density at radius 2 is 2.50 bits per heavy atom. The van der Waals surface area contributed by atoms with Gasteiger partial charge < -0.3 is 10.6 Å². The average Bonchev–Trinajstić information content (AvgIpc) is 2.76. The number of aryl methyl sites for hydroxylation is 1. The van der Waals surface area contributed by atoms with Crippen LogP contribution < -0.4 is 10.6 Å². The third-order valence-corrected chi connectivity index (χ3v) is 3.97. The lowest BCUT2D eigenvalue weighted by molar-refractivity contribution is -0.128. The van der Waals surface area contributed by atoms with Crippen LogP contribution in [-0.2, 0) is 16.0 Å². The quantitative estimate of drug-likeness (QED) is 0.841. The van der Waals surface area contributed by atoms with Gasteiger partial charge in [0.25, 0.3) is 0 Å². The number of hydrogen-bond acceptors (Lipinski definition) is 4. The summed E-state index contributed by atoms with van der Waals surface area (Å²) in [4.78, 5) is 27.1. The maximum Gasteiger partial charge on any atom is 0.224 e. The fourth-order valence-electron chi connectivity index (χ4n) is 1.91. The first-order valence-electron chi connectivity index (χ1n) is 6.10. The second kappa shape index (κ2) is 5.95. The molecule has 6 heteroatoms. The maximum absolute atomic E-state index is 11.8. The molecule has 0 spiro atoms. The Bertz CT molecular complexity index is 434. The molecule has 1 aliphatic heterocycles. The number of carbonyl (C=O) groups excluding carboxylic acids is 2. The summed E-state index contributed by atoms with van der Waals surface area (Å²) in [6, 6.07) is 0. The molecule has 1 aromatic rings. The number of amides is 2. The van der Waals surface area contributed by atoms with Gasteiger partial charge in [-0.25, -0.2) is 4.98 Å². The van der Waals surface area contributed by atoms with Crippen molar-refractivity contribution in [3.63, 3.8) is 0 Å². The van der Waals surface area contributed by atoms with Gasteiger partial charge in [-0.2, -0.15) is 0 Å². The van der Waals surface area contributed by atoms with Gasteiger partial charge in [-0.15, -0.1) is 11.3 Å². The highest BCUT2D eigenvalue weighted by molar-refractivity contribution is 7.09. The van der Waals surface area contributed by atoms with Crippen molar-refractivity contribution in [3.05, 3.63) is 16.1 Å². The zero-order valence-corrected chi connectivity index (χ0v) is 11.2. The molecule has 0 saturated carbocycles. The summed E-state index contributed by atoms with van der Waals surface area (Å²) in [7, 11) is 0. The largest absolute Gasteiger partial charge is 0.355 e. The Morgan fingerprint density at radius 1 is 1.67 bits per heavy atom. The van der Waals surface area contributed by atoms with Gasteiger partial charge in [0.15, 0.2) is 0 Å². The lowest BCUT2D eigenvalue weighted by atomic mass is 9.98. The molecule has 0 aromatic carbocycles. The molecular weight excluding hydrogens is 250 g/mol. The van der Waals surface area contributed by atoms with Gasteiger partial charge in [0, 0.05) is 37.0 Å². The van der Waals surface area contributed by atoms with Crippen LogP contribution in [-0.4, -0.2) is 29.9 Å². The van der Waals surface area contributed by atoms with E-state index < -0.39 is 0 Å². The standard InChI is InChI=1S/C12H17N3O2S/c1-8-7-18-11(15-8)4-5-13-12(17)9-2-3-10(16)14-6-9/h7,9H,2-6H2,1H3,(H,13,17)(H,14,16). The third kappa shape index (κ3) is 3.53. The minimum absolute atomic E-state index is 0.0308. The van der Waals surface area contributed by atoms with Crippen LogP contribution in [0.5, 0.6) is 0 Å². The van der Waals surface area contributed by atoms with Crippen LogP contribution in [0.2, 0.25) is 0 Å². The summed E-state index contributed by atoms with van der Waals surface area (Å²) in [6.45, 7) is 3.03. The number of carbonyl (C=O) groups is 2. The highest BCUT2D eigenvalue weighted by Gasteiger charge is 2.23. The van der Waals surface area contributed by atoms with Crippen molar-refractivity contribution in [2.75, 3.05) is 13.1 Å². The summed E-state index contributed by atoms with van der Waals surface area (Å²) in [5.41, 5.74) is 1.02. The van der Waals surface area contributed by atoms with Crippen molar-refractivity contribution in [2.24, 2.45) is 5.92 Å². The second-order valence-electron chi connectivity index (χ2n) is 4.46. The number of hydrogen-bond donors (Lipinski definition) is 2. The first kappa shape index (κ1) is 13.0. The Kier molecular flexibility index (Phi) is 4.30. The van der Waals surface area contributed by atoms with E-state index in [1.165, 1.54) is 0 Å². The number of nitrogens with zero attached hydrogens (tertiary/aromatic N) is 1. The molecule has 2 amide bonds. The number of thiazole rings is 1. The molecule has 0 radical (unpaired) electrons. The van der Waals surface area contributed by atoms with E-state index >= 15 is 0 Å². The minimum Gasteiger partial charge on any atom is -0.355 e. The highest BCUT2D eigenvalue weighted by Crippen LogP contribution is 2.11. The molecule has 2 rings (SSSR count). The topological polar surface area (TPSA) is 71.1 Å². The molecule has 2 heterocycles. The van der Waals surface area contributed by atoms with E-state index in [9.17, 15) is 9.59 Å². The molecule has 1 aromatic heterocycles. The Labute approximate surface area is 110 Å². The third-order valence-electron chi connectivity index (χ3n) is 2.94. The zero-order chi connectivity index (χ0) is 13.0. The number of piperidine rings is 1.